The van der Waals surface area contributed by atoms with Gasteiger partial charge in [0.2, 0.25) is 5.91 Å². The number of rotatable bonds is 5. The van der Waals surface area contributed by atoms with E-state index in [4.69, 9.17) is 5.73 Å². The third-order valence-electron chi connectivity index (χ3n) is 2.99. The second-order valence-corrected chi connectivity index (χ2v) is 4.85. The minimum Gasteiger partial charge on any atom is -0.433 e. The highest BCUT2D eigenvalue weighted by Crippen LogP contribution is 2.29. The fourth-order valence-corrected chi connectivity index (χ4v) is 1.79. The number of nitrogens with zero attached hydrogens (tertiary/aromatic N) is 3. The smallest absolute Gasteiger partial charge is 0.387 e. The number of hydrogen-bond acceptors (Lipinski definition) is 4. The summed E-state index contributed by atoms with van der Waals surface area (Å²) in [5.41, 5.74) is 7.01. The van der Waals surface area contributed by atoms with Crippen molar-refractivity contribution in [2.45, 2.75) is 13.2 Å². The van der Waals surface area contributed by atoms with Crippen LogP contribution in [0.1, 0.15) is 0 Å². The van der Waals surface area contributed by atoms with Gasteiger partial charge in [0, 0.05) is 25.9 Å². The van der Waals surface area contributed by atoms with Gasteiger partial charge in [0.15, 0.2) is 0 Å². The molecule has 0 fully saturated rings. The van der Waals surface area contributed by atoms with Crippen molar-refractivity contribution in [3.63, 3.8) is 0 Å². The first-order chi connectivity index (χ1) is 10.4. The molecule has 1 aromatic heterocycles. The Morgan fingerprint density at radius 2 is 2.14 bits per heavy atom. The molecule has 1 heterocycles. The van der Waals surface area contributed by atoms with Crippen LogP contribution in [0, 0.1) is 0 Å². The monoisotopic (exact) mass is 310 g/mol. The van der Waals surface area contributed by atoms with E-state index < -0.39 is 6.61 Å². The molecule has 118 valence electrons. The number of aromatic nitrogens is 2. The number of benzene rings is 1. The van der Waals surface area contributed by atoms with Crippen molar-refractivity contribution in [1.82, 2.24) is 14.7 Å². The second kappa shape index (κ2) is 6.42. The van der Waals surface area contributed by atoms with E-state index in [1.807, 2.05) is 0 Å². The average Bonchev–Trinajstić information content (AvgIpc) is 2.89. The molecule has 0 aliphatic carbocycles. The van der Waals surface area contributed by atoms with Gasteiger partial charge in [0.1, 0.15) is 12.3 Å². The molecule has 0 unspecified atom stereocenters. The van der Waals surface area contributed by atoms with Crippen molar-refractivity contribution in [2.75, 3.05) is 19.8 Å². The lowest BCUT2D eigenvalue weighted by atomic mass is 10.1. The fraction of sp³-hybridized carbons (Fsp3) is 0.286. The van der Waals surface area contributed by atoms with Crippen LogP contribution in [-0.2, 0) is 11.3 Å². The van der Waals surface area contributed by atoms with Gasteiger partial charge in [0.05, 0.1) is 11.9 Å². The number of ether oxygens (including phenoxy) is 1. The quantitative estimate of drug-likeness (QED) is 0.855. The van der Waals surface area contributed by atoms with E-state index in [2.05, 4.69) is 9.84 Å². The van der Waals surface area contributed by atoms with Crippen molar-refractivity contribution < 1.29 is 18.3 Å². The molecular weight excluding hydrogens is 294 g/mol. The van der Waals surface area contributed by atoms with Crippen LogP contribution >= 0.6 is 0 Å². The standard InChI is InChI=1S/C14H16F2N4O2/c1-19(2)13(21)8-20-7-10(6-18-20)9-3-4-11(17)12(5-9)22-14(15)16/h3-7,14H,8,17H2,1-2H3. The molecule has 0 bridgehead atoms. The lowest BCUT2D eigenvalue weighted by Gasteiger charge is -2.10. The summed E-state index contributed by atoms with van der Waals surface area (Å²) >= 11 is 0. The number of carbonyl (C=O) groups excluding carboxylic acids is 1. The number of carbonyl (C=O) groups is 1. The van der Waals surface area contributed by atoms with Gasteiger partial charge in [-0.15, -0.1) is 0 Å². The predicted molar refractivity (Wildman–Crippen MR) is 77.4 cm³/mol. The number of alkyl halides is 2. The second-order valence-electron chi connectivity index (χ2n) is 4.85. The Balaban J connectivity index is 2.22. The van der Waals surface area contributed by atoms with Gasteiger partial charge in [-0.2, -0.15) is 13.9 Å². The maximum absolute atomic E-state index is 12.3. The summed E-state index contributed by atoms with van der Waals surface area (Å²) in [6.45, 7) is -2.85. The number of halogens is 2. The summed E-state index contributed by atoms with van der Waals surface area (Å²) in [5.74, 6) is -0.196. The molecule has 1 aromatic carbocycles. The summed E-state index contributed by atoms with van der Waals surface area (Å²) in [4.78, 5) is 13.1. The van der Waals surface area contributed by atoms with Gasteiger partial charge in [-0.25, -0.2) is 0 Å². The zero-order valence-electron chi connectivity index (χ0n) is 12.2. The molecule has 2 aromatic rings. The lowest BCUT2D eigenvalue weighted by Crippen LogP contribution is -2.26. The first-order valence-corrected chi connectivity index (χ1v) is 6.44. The van der Waals surface area contributed by atoms with Crippen LogP contribution in [-0.4, -0.2) is 41.3 Å². The fourth-order valence-electron chi connectivity index (χ4n) is 1.79. The summed E-state index contributed by atoms with van der Waals surface area (Å²) in [6, 6.07) is 4.56. The van der Waals surface area contributed by atoms with Gasteiger partial charge >= 0.3 is 6.61 Å². The van der Waals surface area contributed by atoms with E-state index in [-0.39, 0.29) is 23.9 Å². The van der Waals surface area contributed by atoms with E-state index >= 15 is 0 Å². The van der Waals surface area contributed by atoms with Gasteiger partial charge in [0.25, 0.3) is 0 Å². The molecule has 6 nitrogen and oxygen atoms in total. The van der Waals surface area contributed by atoms with Crippen molar-refractivity contribution in [2.24, 2.45) is 0 Å². The Morgan fingerprint density at radius 1 is 1.41 bits per heavy atom. The third kappa shape index (κ3) is 3.72. The minimum absolute atomic E-state index is 0.0929. The Hall–Kier alpha value is -2.64. The molecule has 1 amide bonds. The lowest BCUT2D eigenvalue weighted by molar-refractivity contribution is -0.129. The van der Waals surface area contributed by atoms with Crippen LogP contribution in [0.15, 0.2) is 30.6 Å². The van der Waals surface area contributed by atoms with Gasteiger partial charge in [-0.3, -0.25) is 9.48 Å². The Bertz CT molecular complexity index is 671. The number of nitrogens with two attached hydrogens (primary N) is 1. The Morgan fingerprint density at radius 3 is 2.77 bits per heavy atom. The average molecular weight is 310 g/mol. The zero-order valence-corrected chi connectivity index (χ0v) is 12.2. The Labute approximate surface area is 126 Å². The molecule has 0 spiro atoms. The SMILES string of the molecule is CN(C)C(=O)Cn1cc(-c2ccc(N)c(OC(F)F)c2)cn1. The molecule has 0 aliphatic heterocycles. The molecule has 0 saturated carbocycles. The third-order valence-corrected chi connectivity index (χ3v) is 2.99. The molecular formula is C14H16F2N4O2. The van der Waals surface area contributed by atoms with Crippen LogP contribution < -0.4 is 10.5 Å². The number of nitrogen functional groups attached to an aromatic ring is 1. The van der Waals surface area contributed by atoms with Gasteiger partial charge in [-0.05, 0) is 17.7 Å². The van der Waals surface area contributed by atoms with Crippen molar-refractivity contribution >= 4 is 11.6 Å². The van der Waals surface area contributed by atoms with Gasteiger partial charge in [-0.1, -0.05) is 6.07 Å². The zero-order chi connectivity index (χ0) is 16.3. The van der Waals surface area contributed by atoms with Crippen LogP contribution in [0.3, 0.4) is 0 Å². The van der Waals surface area contributed by atoms with Gasteiger partial charge < -0.3 is 15.4 Å². The Kier molecular flexibility index (Phi) is 4.59. The van der Waals surface area contributed by atoms with E-state index in [0.29, 0.717) is 11.1 Å². The van der Waals surface area contributed by atoms with Crippen molar-refractivity contribution in [1.29, 1.82) is 0 Å². The molecule has 0 radical (unpaired) electrons. The summed E-state index contributed by atoms with van der Waals surface area (Å²) < 4.78 is 30.5. The molecule has 0 atom stereocenters. The topological polar surface area (TPSA) is 73.4 Å². The largest absolute Gasteiger partial charge is 0.433 e. The molecule has 0 saturated heterocycles. The maximum atomic E-state index is 12.3. The summed E-state index contributed by atoms with van der Waals surface area (Å²) in [5, 5.41) is 4.08. The van der Waals surface area contributed by atoms with E-state index in [1.165, 1.54) is 21.7 Å². The highest BCUT2D eigenvalue weighted by molar-refractivity contribution is 5.75. The number of amides is 1. The van der Waals surface area contributed by atoms with Crippen LogP contribution in [0.4, 0.5) is 14.5 Å². The maximum Gasteiger partial charge on any atom is 0.387 e. The van der Waals surface area contributed by atoms with Crippen LogP contribution in [0.5, 0.6) is 5.75 Å². The van der Waals surface area contributed by atoms with Crippen molar-refractivity contribution in [3.05, 3.63) is 30.6 Å². The summed E-state index contributed by atoms with van der Waals surface area (Å²) in [7, 11) is 3.31. The highest BCUT2D eigenvalue weighted by atomic mass is 19.3. The predicted octanol–water partition coefficient (Wildman–Crippen LogP) is 1.82. The number of likely N-dealkylation sites (N-methyl/N-ethyl adjacent to an activating group) is 1. The first-order valence-electron chi connectivity index (χ1n) is 6.44. The summed E-state index contributed by atoms with van der Waals surface area (Å²) in [6.07, 6.45) is 3.19. The molecule has 22 heavy (non-hydrogen) atoms. The minimum atomic E-state index is -2.95. The first kappa shape index (κ1) is 15.7. The molecule has 8 heteroatoms. The van der Waals surface area contributed by atoms with Crippen molar-refractivity contribution in [3.8, 4) is 16.9 Å². The van der Waals surface area contributed by atoms with Crippen LogP contribution in [0.2, 0.25) is 0 Å². The molecule has 2 N–H and O–H groups in total. The van der Waals surface area contributed by atoms with Crippen LogP contribution in [0.25, 0.3) is 11.1 Å². The number of hydrogen-bond donors (Lipinski definition) is 1. The highest BCUT2D eigenvalue weighted by Gasteiger charge is 2.12. The van der Waals surface area contributed by atoms with E-state index in [9.17, 15) is 13.6 Å². The molecule has 2 rings (SSSR count). The molecule has 0 aliphatic rings. The van der Waals surface area contributed by atoms with E-state index in [1.54, 1.807) is 32.6 Å². The number of anilines is 1. The normalized spacial score (nSPS) is 10.8. The van der Waals surface area contributed by atoms with E-state index in [0.717, 1.165) is 0 Å².